The minimum Gasteiger partial charge on any atom is -0.382 e. The second kappa shape index (κ2) is 6.04. The average Bonchev–Trinajstić information content (AvgIpc) is 3.39. The molecular formula is C20H19N3O4. The van der Waals surface area contributed by atoms with Gasteiger partial charge in [0.05, 0.1) is 22.5 Å². The van der Waals surface area contributed by atoms with Crippen LogP contribution in [0.1, 0.15) is 55.2 Å². The Morgan fingerprint density at radius 3 is 2.89 bits per heavy atom. The molecule has 3 unspecified atom stereocenters. The molecule has 1 saturated carbocycles. The number of aromatic amines is 1. The van der Waals surface area contributed by atoms with Gasteiger partial charge in [-0.3, -0.25) is 19.9 Å². The summed E-state index contributed by atoms with van der Waals surface area (Å²) in [5.41, 5.74) is 3.38. The summed E-state index contributed by atoms with van der Waals surface area (Å²) < 4.78 is 5.72. The highest BCUT2D eigenvalue weighted by Gasteiger charge is 2.33. The third-order valence-corrected chi connectivity index (χ3v) is 6.01. The van der Waals surface area contributed by atoms with E-state index in [-0.39, 0.29) is 23.7 Å². The number of fused-ring (bicyclic) bond motifs is 3. The van der Waals surface area contributed by atoms with Gasteiger partial charge in [0.15, 0.2) is 5.58 Å². The zero-order valence-electron chi connectivity index (χ0n) is 14.7. The summed E-state index contributed by atoms with van der Waals surface area (Å²) in [5.74, 6) is -0.591. The summed E-state index contributed by atoms with van der Waals surface area (Å²) in [7, 11) is 0. The number of nitrogens with zero attached hydrogens (tertiary/aromatic N) is 1. The Hall–Kier alpha value is -2.96. The van der Waals surface area contributed by atoms with Gasteiger partial charge < -0.3 is 9.32 Å². The van der Waals surface area contributed by atoms with E-state index < -0.39 is 5.92 Å². The van der Waals surface area contributed by atoms with Crippen molar-refractivity contribution in [2.75, 3.05) is 0 Å². The topological polar surface area (TPSA) is 105 Å². The molecule has 138 valence electrons. The lowest BCUT2D eigenvalue weighted by molar-refractivity contribution is -0.134. The highest BCUT2D eigenvalue weighted by molar-refractivity contribution is 6.10. The Morgan fingerprint density at radius 2 is 2.11 bits per heavy atom. The normalized spacial score (nSPS) is 26.0. The summed E-state index contributed by atoms with van der Waals surface area (Å²) in [6.07, 6.45) is 6.28. The fraction of sp³-hybridized carbons (Fsp3) is 0.400. The van der Waals surface area contributed by atoms with Gasteiger partial charge in [0.2, 0.25) is 11.8 Å². The van der Waals surface area contributed by atoms with Gasteiger partial charge in [-0.15, -0.1) is 0 Å². The SMILES string of the molecule is O=CC1CCC(c2cc3o[nH]c(C4CCC(=O)NC4=O)c3c3ccnc23)C1. The molecule has 5 rings (SSSR count). The van der Waals surface area contributed by atoms with Crippen LogP contribution in [0.4, 0.5) is 0 Å². The van der Waals surface area contributed by atoms with Crippen molar-refractivity contribution < 1.29 is 18.9 Å². The number of carbonyl (C=O) groups is 3. The zero-order valence-corrected chi connectivity index (χ0v) is 14.7. The van der Waals surface area contributed by atoms with E-state index in [1.807, 2.05) is 12.1 Å². The second-order valence-electron chi connectivity index (χ2n) is 7.57. The molecule has 3 heterocycles. The maximum Gasteiger partial charge on any atom is 0.235 e. The number of benzene rings is 1. The first-order valence-electron chi connectivity index (χ1n) is 9.33. The van der Waals surface area contributed by atoms with Crippen molar-refractivity contribution in [1.29, 1.82) is 0 Å². The van der Waals surface area contributed by atoms with Gasteiger partial charge in [-0.25, -0.2) is 5.16 Å². The number of aldehydes is 1. The number of hydrogen-bond acceptors (Lipinski definition) is 5. The van der Waals surface area contributed by atoms with Gasteiger partial charge >= 0.3 is 0 Å². The number of nitrogens with one attached hydrogen (secondary N) is 2. The van der Waals surface area contributed by atoms with Crippen molar-refractivity contribution in [2.24, 2.45) is 5.92 Å². The molecule has 2 amide bonds. The quantitative estimate of drug-likeness (QED) is 0.548. The average molecular weight is 365 g/mol. The lowest BCUT2D eigenvalue weighted by atomic mass is 9.89. The summed E-state index contributed by atoms with van der Waals surface area (Å²) in [6, 6.07) is 3.93. The highest BCUT2D eigenvalue weighted by atomic mass is 16.5. The van der Waals surface area contributed by atoms with E-state index in [1.165, 1.54) is 0 Å². The molecule has 1 aromatic carbocycles. The van der Waals surface area contributed by atoms with Crippen molar-refractivity contribution in [3.8, 4) is 0 Å². The van der Waals surface area contributed by atoms with E-state index >= 15 is 0 Å². The van der Waals surface area contributed by atoms with Crippen LogP contribution in [-0.4, -0.2) is 28.2 Å². The van der Waals surface area contributed by atoms with E-state index in [4.69, 9.17) is 4.52 Å². The molecule has 2 N–H and O–H groups in total. The van der Waals surface area contributed by atoms with Gasteiger partial charge in [-0.2, -0.15) is 0 Å². The Balaban J connectivity index is 1.63. The molecule has 2 fully saturated rings. The third-order valence-electron chi connectivity index (χ3n) is 6.01. The Morgan fingerprint density at radius 1 is 1.22 bits per heavy atom. The standard InChI is InChI=1S/C20H19N3O4/c24-9-10-1-2-11(7-10)14-8-15-17(12-5-6-21-18(12)14)19(23-27-15)13-3-4-16(25)22-20(13)26/h5-6,8-11,13,23H,1-4,7H2,(H,22,25,26). The van der Waals surface area contributed by atoms with Gasteiger partial charge in [0.1, 0.15) is 6.29 Å². The van der Waals surface area contributed by atoms with Gasteiger partial charge in [-0.05, 0) is 49.3 Å². The summed E-state index contributed by atoms with van der Waals surface area (Å²) in [5, 5.41) is 7.12. The van der Waals surface area contributed by atoms with Crippen LogP contribution in [0.25, 0.3) is 21.9 Å². The second-order valence-corrected chi connectivity index (χ2v) is 7.57. The first-order chi connectivity index (χ1) is 13.2. The molecular weight excluding hydrogens is 346 g/mol. The van der Waals surface area contributed by atoms with E-state index in [9.17, 15) is 14.4 Å². The van der Waals surface area contributed by atoms with E-state index in [0.717, 1.165) is 47.4 Å². The molecule has 1 aliphatic carbocycles. The monoisotopic (exact) mass is 365 g/mol. The maximum atomic E-state index is 12.3. The fourth-order valence-corrected chi connectivity index (χ4v) is 4.65. The van der Waals surface area contributed by atoms with Crippen LogP contribution < -0.4 is 5.32 Å². The molecule has 27 heavy (non-hydrogen) atoms. The molecule has 3 aromatic rings. The van der Waals surface area contributed by atoms with Crippen molar-refractivity contribution >= 4 is 40.0 Å². The molecule has 2 aromatic heterocycles. The molecule has 1 aliphatic heterocycles. The third kappa shape index (κ3) is 2.49. The van der Waals surface area contributed by atoms with Gasteiger partial charge in [-0.1, -0.05) is 0 Å². The largest absolute Gasteiger partial charge is 0.382 e. The Bertz CT molecular complexity index is 1080. The number of hydrogen-bond donors (Lipinski definition) is 2. The smallest absolute Gasteiger partial charge is 0.235 e. The summed E-state index contributed by atoms with van der Waals surface area (Å²) >= 11 is 0. The molecule has 0 radical (unpaired) electrons. The van der Waals surface area contributed by atoms with Crippen LogP contribution in [0.5, 0.6) is 0 Å². The van der Waals surface area contributed by atoms with Gasteiger partial charge in [0.25, 0.3) is 0 Å². The lowest BCUT2D eigenvalue weighted by Crippen LogP contribution is -2.39. The number of H-pyrrole nitrogens is 1. The molecule has 2 aliphatic rings. The predicted octanol–water partition coefficient (Wildman–Crippen LogP) is 2.91. The number of piperidine rings is 1. The van der Waals surface area contributed by atoms with Crippen LogP contribution in [0.15, 0.2) is 22.9 Å². The first kappa shape index (κ1) is 16.2. The first-order valence-corrected chi connectivity index (χ1v) is 9.33. The summed E-state index contributed by atoms with van der Waals surface area (Å²) in [4.78, 5) is 39.5. The number of carbonyl (C=O) groups excluding carboxylic acids is 3. The van der Waals surface area contributed by atoms with E-state index in [1.54, 1.807) is 6.20 Å². The molecule has 0 spiro atoms. The molecule has 0 bridgehead atoms. The Kier molecular flexibility index (Phi) is 3.63. The lowest BCUT2D eigenvalue weighted by Gasteiger charge is -2.19. The maximum absolute atomic E-state index is 12.3. The molecule has 3 atom stereocenters. The minimum atomic E-state index is -0.446. The highest BCUT2D eigenvalue weighted by Crippen LogP contribution is 2.43. The van der Waals surface area contributed by atoms with Gasteiger partial charge in [0, 0.05) is 23.9 Å². The van der Waals surface area contributed by atoms with Crippen molar-refractivity contribution in [2.45, 2.75) is 43.9 Å². The van der Waals surface area contributed by atoms with Crippen LogP contribution in [0.2, 0.25) is 0 Å². The number of aromatic nitrogens is 2. The van der Waals surface area contributed by atoms with E-state index in [0.29, 0.717) is 24.1 Å². The van der Waals surface area contributed by atoms with Crippen LogP contribution in [0, 0.1) is 5.92 Å². The zero-order chi connectivity index (χ0) is 18.5. The fourth-order valence-electron chi connectivity index (χ4n) is 4.65. The minimum absolute atomic E-state index is 0.109. The molecule has 1 saturated heterocycles. The number of amides is 2. The number of imide groups is 1. The van der Waals surface area contributed by atoms with Crippen LogP contribution in [-0.2, 0) is 14.4 Å². The number of rotatable bonds is 3. The summed E-state index contributed by atoms with van der Waals surface area (Å²) in [6.45, 7) is 0. The van der Waals surface area contributed by atoms with Crippen LogP contribution in [0.3, 0.4) is 0 Å². The van der Waals surface area contributed by atoms with E-state index in [2.05, 4.69) is 15.5 Å². The van der Waals surface area contributed by atoms with Crippen molar-refractivity contribution in [3.05, 3.63) is 29.6 Å². The Labute approximate surface area is 154 Å². The molecule has 7 heteroatoms. The molecule has 7 nitrogen and oxygen atoms in total. The van der Waals surface area contributed by atoms with Crippen molar-refractivity contribution in [1.82, 2.24) is 15.5 Å². The predicted molar refractivity (Wildman–Crippen MR) is 97.1 cm³/mol. The van der Waals surface area contributed by atoms with Crippen LogP contribution >= 0.6 is 0 Å². The van der Waals surface area contributed by atoms with Crippen molar-refractivity contribution in [3.63, 3.8) is 0 Å².